The van der Waals surface area contributed by atoms with Crippen molar-refractivity contribution in [1.82, 2.24) is 9.97 Å². The fourth-order valence-corrected chi connectivity index (χ4v) is 1.67. The van der Waals surface area contributed by atoms with Crippen LogP contribution in [0, 0.1) is 0 Å². The Morgan fingerprint density at radius 1 is 1.44 bits per heavy atom. The van der Waals surface area contributed by atoms with E-state index in [-0.39, 0.29) is 11.5 Å². The number of nitrogens with two attached hydrogens (primary N) is 1. The van der Waals surface area contributed by atoms with Crippen molar-refractivity contribution in [2.45, 2.75) is 38.7 Å². The van der Waals surface area contributed by atoms with Crippen molar-refractivity contribution in [1.29, 1.82) is 0 Å². The molecule has 0 aromatic carbocycles. The van der Waals surface area contributed by atoms with Gasteiger partial charge in [0.1, 0.15) is 17.7 Å². The molecule has 2 heterocycles. The van der Waals surface area contributed by atoms with Crippen LogP contribution in [-0.2, 0) is 10.2 Å². The molecule has 0 saturated carbocycles. The number of rotatable bonds is 3. The summed E-state index contributed by atoms with van der Waals surface area (Å²) >= 11 is 0. The number of hydrogen-bond donors (Lipinski definition) is 2. The summed E-state index contributed by atoms with van der Waals surface area (Å²) in [5.74, 6) is 7.22. The highest BCUT2D eigenvalue weighted by Gasteiger charge is 2.22. The number of aromatic nitrogens is 2. The molecule has 6 nitrogen and oxygen atoms in total. The van der Waals surface area contributed by atoms with Crippen LogP contribution in [0.4, 0.5) is 5.82 Å². The van der Waals surface area contributed by atoms with E-state index in [0.717, 1.165) is 13.0 Å². The summed E-state index contributed by atoms with van der Waals surface area (Å²) in [6.07, 6.45) is 0.957. The Bertz CT molecular complexity index is 411. The predicted octanol–water partition coefficient (Wildman–Crippen LogP) is 1.23. The SMILES string of the molecule is CC(C)(C)c1nc(NN)cc(OC2CCOC2)n1. The van der Waals surface area contributed by atoms with E-state index >= 15 is 0 Å². The monoisotopic (exact) mass is 252 g/mol. The molecule has 6 heteroatoms. The van der Waals surface area contributed by atoms with Crippen LogP contribution in [0.25, 0.3) is 0 Å². The Kier molecular flexibility index (Phi) is 3.68. The van der Waals surface area contributed by atoms with Crippen LogP contribution in [0.15, 0.2) is 6.07 Å². The lowest BCUT2D eigenvalue weighted by Gasteiger charge is -2.19. The van der Waals surface area contributed by atoms with E-state index in [2.05, 4.69) is 15.4 Å². The van der Waals surface area contributed by atoms with Crippen LogP contribution in [0.1, 0.15) is 33.0 Å². The first kappa shape index (κ1) is 13.0. The van der Waals surface area contributed by atoms with Crippen LogP contribution in [-0.4, -0.2) is 29.3 Å². The standard InChI is InChI=1S/C12H20N4O2/c1-12(2,3)11-14-9(16-13)6-10(15-11)18-8-4-5-17-7-8/h6,8H,4-5,7,13H2,1-3H3,(H,14,15,16). The molecule has 1 unspecified atom stereocenters. The topological polar surface area (TPSA) is 82.3 Å². The highest BCUT2D eigenvalue weighted by atomic mass is 16.5. The zero-order valence-corrected chi connectivity index (χ0v) is 11.1. The van der Waals surface area contributed by atoms with Gasteiger partial charge < -0.3 is 14.9 Å². The molecule has 0 spiro atoms. The van der Waals surface area contributed by atoms with Gasteiger partial charge in [-0.05, 0) is 0 Å². The first-order valence-corrected chi connectivity index (χ1v) is 6.09. The lowest BCUT2D eigenvalue weighted by atomic mass is 9.96. The van der Waals surface area contributed by atoms with Gasteiger partial charge >= 0.3 is 0 Å². The van der Waals surface area contributed by atoms with Gasteiger partial charge in [-0.15, -0.1) is 0 Å². The van der Waals surface area contributed by atoms with Crippen LogP contribution in [0.5, 0.6) is 5.88 Å². The van der Waals surface area contributed by atoms with Gasteiger partial charge in [0, 0.05) is 17.9 Å². The third-order valence-electron chi connectivity index (χ3n) is 2.70. The van der Waals surface area contributed by atoms with E-state index in [4.69, 9.17) is 15.3 Å². The molecule has 1 aromatic rings. The Morgan fingerprint density at radius 2 is 2.22 bits per heavy atom. The third kappa shape index (κ3) is 3.08. The molecule has 1 fully saturated rings. The van der Waals surface area contributed by atoms with Crippen LogP contribution in [0.3, 0.4) is 0 Å². The fraction of sp³-hybridized carbons (Fsp3) is 0.667. The van der Waals surface area contributed by atoms with Crippen molar-refractivity contribution < 1.29 is 9.47 Å². The molecule has 0 bridgehead atoms. The van der Waals surface area contributed by atoms with Gasteiger partial charge in [0.25, 0.3) is 0 Å². The molecule has 0 radical (unpaired) electrons. The van der Waals surface area contributed by atoms with Crippen molar-refractivity contribution in [2.24, 2.45) is 5.84 Å². The molecular weight excluding hydrogens is 232 g/mol. The molecule has 1 atom stereocenters. The van der Waals surface area contributed by atoms with Crippen molar-refractivity contribution >= 4 is 5.82 Å². The summed E-state index contributed by atoms with van der Waals surface area (Å²) < 4.78 is 11.1. The van der Waals surface area contributed by atoms with Crippen molar-refractivity contribution in [3.05, 3.63) is 11.9 Å². The molecule has 1 aromatic heterocycles. The van der Waals surface area contributed by atoms with Gasteiger partial charge in [0.15, 0.2) is 0 Å². The summed E-state index contributed by atoms with van der Waals surface area (Å²) in [6, 6.07) is 1.70. The number of anilines is 1. The number of hydrazine groups is 1. The summed E-state index contributed by atoms with van der Waals surface area (Å²) in [5.41, 5.74) is 2.39. The Morgan fingerprint density at radius 3 is 2.78 bits per heavy atom. The Hall–Kier alpha value is -1.40. The lowest BCUT2D eigenvalue weighted by Crippen LogP contribution is -2.22. The molecule has 2 rings (SSSR count). The number of nitrogen functional groups attached to an aromatic ring is 1. The van der Waals surface area contributed by atoms with E-state index < -0.39 is 0 Å². The highest BCUT2D eigenvalue weighted by Crippen LogP contribution is 2.24. The molecule has 1 aliphatic rings. The van der Waals surface area contributed by atoms with Crippen LogP contribution < -0.4 is 16.0 Å². The molecule has 3 N–H and O–H groups in total. The molecule has 100 valence electrons. The van der Waals surface area contributed by atoms with Gasteiger partial charge in [-0.25, -0.2) is 10.8 Å². The van der Waals surface area contributed by atoms with Gasteiger partial charge in [-0.2, -0.15) is 4.98 Å². The first-order valence-electron chi connectivity index (χ1n) is 6.09. The minimum Gasteiger partial charge on any atom is -0.472 e. The van der Waals surface area contributed by atoms with Gasteiger partial charge in [-0.3, -0.25) is 0 Å². The molecule has 1 saturated heterocycles. The second kappa shape index (κ2) is 5.07. The lowest BCUT2D eigenvalue weighted by molar-refractivity contribution is 0.137. The highest BCUT2D eigenvalue weighted by molar-refractivity contribution is 5.38. The van der Waals surface area contributed by atoms with E-state index in [0.29, 0.717) is 24.1 Å². The van der Waals surface area contributed by atoms with Gasteiger partial charge in [0.2, 0.25) is 5.88 Å². The zero-order valence-electron chi connectivity index (χ0n) is 11.1. The minimum atomic E-state index is -0.156. The number of nitrogens with zero attached hydrogens (tertiary/aromatic N) is 2. The zero-order chi connectivity index (χ0) is 13.2. The van der Waals surface area contributed by atoms with Crippen molar-refractivity contribution in [3.63, 3.8) is 0 Å². The maximum atomic E-state index is 5.78. The van der Waals surface area contributed by atoms with Crippen molar-refractivity contribution in [2.75, 3.05) is 18.6 Å². The van der Waals surface area contributed by atoms with Crippen LogP contribution >= 0.6 is 0 Å². The van der Waals surface area contributed by atoms with Gasteiger partial charge in [-0.1, -0.05) is 20.8 Å². The molecule has 0 aliphatic carbocycles. The smallest absolute Gasteiger partial charge is 0.219 e. The van der Waals surface area contributed by atoms with E-state index in [9.17, 15) is 0 Å². The summed E-state index contributed by atoms with van der Waals surface area (Å²) in [6.45, 7) is 7.49. The maximum absolute atomic E-state index is 5.78. The molecule has 0 amide bonds. The predicted molar refractivity (Wildman–Crippen MR) is 68.4 cm³/mol. The summed E-state index contributed by atoms with van der Waals surface area (Å²) in [4.78, 5) is 8.77. The number of hydrogen-bond acceptors (Lipinski definition) is 6. The minimum absolute atomic E-state index is 0.0679. The number of ether oxygens (including phenoxy) is 2. The number of nitrogens with one attached hydrogen (secondary N) is 1. The Labute approximate surface area is 107 Å². The van der Waals surface area contributed by atoms with E-state index in [1.54, 1.807) is 6.07 Å². The first-order chi connectivity index (χ1) is 8.49. The second-order valence-electron chi connectivity index (χ2n) is 5.41. The average molecular weight is 252 g/mol. The normalized spacial score (nSPS) is 19.9. The maximum Gasteiger partial charge on any atom is 0.219 e. The van der Waals surface area contributed by atoms with E-state index in [1.807, 2.05) is 20.8 Å². The molecular formula is C12H20N4O2. The van der Waals surface area contributed by atoms with Crippen molar-refractivity contribution in [3.8, 4) is 5.88 Å². The fourth-order valence-electron chi connectivity index (χ4n) is 1.67. The molecule has 1 aliphatic heterocycles. The Balaban J connectivity index is 2.23. The average Bonchev–Trinajstić information content (AvgIpc) is 2.80. The third-order valence-corrected chi connectivity index (χ3v) is 2.70. The largest absolute Gasteiger partial charge is 0.472 e. The summed E-state index contributed by atoms with van der Waals surface area (Å²) in [5, 5.41) is 0. The summed E-state index contributed by atoms with van der Waals surface area (Å²) in [7, 11) is 0. The van der Waals surface area contributed by atoms with E-state index in [1.165, 1.54) is 0 Å². The van der Waals surface area contributed by atoms with Crippen LogP contribution in [0.2, 0.25) is 0 Å². The quantitative estimate of drug-likeness (QED) is 0.622. The molecule has 18 heavy (non-hydrogen) atoms. The van der Waals surface area contributed by atoms with Gasteiger partial charge in [0.05, 0.1) is 13.2 Å². The second-order valence-corrected chi connectivity index (χ2v) is 5.41.